The van der Waals surface area contributed by atoms with Crippen molar-refractivity contribution < 1.29 is 4.74 Å². The summed E-state index contributed by atoms with van der Waals surface area (Å²) in [5.41, 5.74) is 2.45. The first-order chi connectivity index (χ1) is 9.19. The number of hydrogen-bond donors (Lipinski definition) is 1. The Hall–Kier alpha value is -1.07. The van der Waals surface area contributed by atoms with Gasteiger partial charge >= 0.3 is 0 Å². The summed E-state index contributed by atoms with van der Waals surface area (Å²) in [6, 6.07) is 0.462. The molecule has 5 heteroatoms. The summed E-state index contributed by atoms with van der Waals surface area (Å²) in [7, 11) is 2.04. The van der Waals surface area contributed by atoms with Crippen LogP contribution in [0.5, 0.6) is 0 Å². The van der Waals surface area contributed by atoms with Crippen molar-refractivity contribution in [2.24, 2.45) is 7.05 Å². The van der Waals surface area contributed by atoms with Gasteiger partial charge < -0.3 is 15.0 Å². The minimum Gasteiger partial charge on any atom is -0.377 e. The fraction of sp³-hybridized carbons (Fsp3) is 0.786. The summed E-state index contributed by atoms with van der Waals surface area (Å²) in [5.74, 6) is 1.26. The molecule has 1 aliphatic rings. The molecular formula is C14H26N4O. The standard InChI is InChI=1S/C14H26N4O/c1-5-12-10-19-8-7-18(12)14-13(9-15-6-2)11(3)16-17(14)4/h12,15H,5-10H2,1-4H3. The van der Waals surface area contributed by atoms with Gasteiger partial charge in [0.1, 0.15) is 5.82 Å². The lowest BCUT2D eigenvalue weighted by atomic mass is 10.1. The van der Waals surface area contributed by atoms with E-state index in [2.05, 4.69) is 36.1 Å². The minimum atomic E-state index is 0.462. The second kappa shape index (κ2) is 6.39. The Morgan fingerprint density at radius 3 is 2.89 bits per heavy atom. The molecule has 2 heterocycles. The van der Waals surface area contributed by atoms with Crippen LogP contribution in [0.2, 0.25) is 0 Å². The van der Waals surface area contributed by atoms with Gasteiger partial charge in [0.15, 0.2) is 0 Å². The van der Waals surface area contributed by atoms with Crippen molar-refractivity contribution in [2.45, 2.75) is 39.8 Å². The Morgan fingerprint density at radius 2 is 2.21 bits per heavy atom. The van der Waals surface area contributed by atoms with Gasteiger partial charge in [-0.15, -0.1) is 0 Å². The molecule has 0 bridgehead atoms. The zero-order valence-corrected chi connectivity index (χ0v) is 12.6. The summed E-state index contributed by atoms with van der Waals surface area (Å²) in [6.07, 6.45) is 1.10. The maximum atomic E-state index is 5.61. The Labute approximate surface area is 115 Å². The number of nitrogens with zero attached hydrogens (tertiary/aromatic N) is 3. The topological polar surface area (TPSA) is 42.3 Å². The molecular weight excluding hydrogens is 240 g/mol. The van der Waals surface area contributed by atoms with Crippen molar-refractivity contribution >= 4 is 5.82 Å². The average Bonchev–Trinajstić information content (AvgIpc) is 2.70. The maximum Gasteiger partial charge on any atom is 0.131 e. The summed E-state index contributed by atoms with van der Waals surface area (Å²) in [5, 5.41) is 8.02. The monoisotopic (exact) mass is 266 g/mol. The van der Waals surface area contributed by atoms with Crippen molar-refractivity contribution in [1.82, 2.24) is 15.1 Å². The smallest absolute Gasteiger partial charge is 0.131 e. The summed E-state index contributed by atoms with van der Waals surface area (Å²) < 4.78 is 7.63. The van der Waals surface area contributed by atoms with Crippen LogP contribution in [-0.4, -0.2) is 42.1 Å². The average molecular weight is 266 g/mol. The molecule has 19 heavy (non-hydrogen) atoms. The van der Waals surface area contributed by atoms with Gasteiger partial charge in [-0.3, -0.25) is 4.68 Å². The summed E-state index contributed by atoms with van der Waals surface area (Å²) in [4.78, 5) is 2.47. The number of hydrogen-bond acceptors (Lipinski definition) is 4. The van der Waals surface area contributed by atoms with Gasteiger partial charge in [-0.05, 0) is 19.9 Å². The number of rotatable bonds is 5. The first kappa shape index (κ1) is 14.3. The third kappa shape index (κ3) is 2.92. The fourth-order valence-electron chi connectivity index (χ4n) is 2.78. The molecule has 0 aromatic carbocycles. The van der Waals surface area contributed by atoms with E-state index in [1.54, 1.807) is 0 Å². The molecule has 108 valence electrons. The van der Waals surface area contributed by atoms with E-state index in [4.69, 9.17) is 4.74 Å². The molecule has 1 aromatic rings. The van der Waals surface area contributed by atoms with E-state index in [9.17, 15) is 0 Å². The largest absolute Gasteiger partial charge is 0.377 e. The van der Waals surface area contributed by atoms with Gasteiger partial charge in [-0.25, -0.2) is 0 Å². The highest BCUT2D eigenvalue weighted by Crippen LogP contribution is 2.27. The number of anilines is 1. The van der Waals surface area contributed by atoms with Crippen molar-refractivity contribution in [1.29, 1.82) is 0 Å². The predicted molar refractivity (Wildman–Crippen MR) is 77.6 cm³/mol. The number of ether oxygens (including phenoxy) is 1. The molecule has 0 aliphatic carbocycles. The van der Waals surface area contributed by atoms with Crippen molar-refractivity contribution in [3.05, 3.63) is 11.3 Å². The third-order valence-electron chi connectivity index (χ3n) is 3.84. The molecule has 0 amide bonds. The second-order valence-corrected chi connectivity index (χ2v) is 5.12. The van der Waals surface area contributed by atoms with E-state index < -0.39 is 0 Å². The molecule has 5 nitrogen and oxygen atoms in total. The van der Waals surface area contributed by atoms with Gasteiger partial charge in [0, 0.05) is 25.7 Å². The maximum absolute atomic E-state index is 5.61. The van der Waals surface area contributed by atoms with Crippen LogP contribution < -0.4 is 10.2 Å². The fourth-order valence-corrected chi connectivity index (χ4v) is 2.78. The molecule has 1 atom stereocenters. The molecule has 1 aliphatic heterocycles. The molecule has 0 saturated carbocycles. The molecule has 2 rings (SSSR count). The number of morpholine rings is 1. The molecule has 0 spiro atoms. The summed E-state index contributed by atoms with van der Waals surface area (Å²) in [6.45, 7) is 10.9. The normalized spacial score (nSPS) is 20.0. The first-order valence-electron chi connectivity index (χ1n) is 7.26. The van der Waals surface area contributed by atoms with Crippen molar-refractivity contribution in [3.8, 4) is 0 Å². The zero-order chi connectivity index (χ0) is 13.8. The summed E-state index contributed by atoms with van der Waals surface area (Å²) >= 11 is 0. The lowest BCUT2D eigenvalue weighted by molar-refractivity contribution is 0.0920. The van der Waals surface area contributed by atoms with Gasteiger partial charge in [0.05, 0.1) is 24.9 Å². The van der Waals surface area contributed by atoms with E-state index >= 15 is 0 Å². The van der Waals surface area contributed by atoms with Crippen LogP contribution in [0.15, 0.2) is 0 Å². The quantitative estimate of drug-likeness (QED) is 0.876. The second-order valence-electron chi connectivity index (χ2n) is 5.12. The Kier molecular flexibility index (Phi) is 4.82. The third-order valence-corrected chi connectivity index (χ3v) is 3.84. The van der Waals surface area contributed by atoms with E-state index in [1.165, 1.54) is 11.4 Å². The van der Waals surface area contributed by atoms with E-state index in [0.717, 1.165) is 45.0 Å². The van der Waals surface area contributed by atoms with Gasteiger partial charge in [-0.1, -0.05) is 13.8 Å². The lowest BCUT2D eigenvalue weighted by Crippen LogP contribution is -2.46. The van der Waals surface area contributed by atoms with Crippen molar-refractivity contribution in [3.63, 3.8) is 0 Å². The highest BCUT2D eigenvalue weighted by atomic mass is 16.5. The van der Waals surface area contributed by atoms with Crippen LogP contribution in [0.25, 0.3) is 0 Å². The molecule has 0 radical (unpaired) electrons. The highest BCUT2D eigenvalue weighted by Gasteiger charge is 2.27. The zero-order valence-electron chi connectivity index (χ0n) is 12.6. The Balaban J connectivity index is 2.30. The van der Waals surface area contributed by atoms with Crippen LogP contribution in [-0.2, 0) is 18.3 Å². The van der Waals surface area contributed by atoms with Crippen LogP contribution in [0.4, 0.5) is 5.82 Å². The van der Waals surface area contributed by atoms with Gasteiger partial charge in [-0.2, -0.15) is 5.10 Å². The Morgan fingerprint density at radius 1 is 1.42 bits per heavy atom. The minimum absolute atomic E-state index is 0.462. The van der Waals surface area contributed by atoms with Crippen LogP contribution in [0.3, 0.4) is 0 Å². The van der Waals surface area contributed by atoms with Crippen LogP contribution in [0, 0.1) is 6.92 Å². The molecule has 1 unspecified atom stereocenters. The SMILES string of the molecule is CCNCc1c(C)nn(C)c1N1CCOCC1CC. The number of aryl methyl sites for hydroxylation is 2. The van der Waals surface area contributed by atoms with E-state index in [0.29, 0.717) is 6.04 Å². The van der Waals surface area contributed by atoms with Crippen molar-refractivity contribution in [2.75, 3.05) is 31.2 Å². The molecule has 1 aromatic heterocycles. The van der Waals surface area contributed by atoms with Crippen LogP contribution >= 0.6 is 0 Å². The lowest BCUT2D eigenvalue weighted by Gasteiger charge is -2.37. The predicted octanol–water partition coefficient (Wildman–Crippen LogP) is 1.45. The number of aromatic nitrogens is 2. The van der Waals surface area contributed by atoms with E-state index in [1.807, 2.05) is 11.7 Å². The van der Waals surface area contributed by atoms with E-state index in [-0.39, 0.29) is 0 Å². The number of nitrogens with one attached hydrogen (secondary N) is 1. The van der Waals surface area contributed by atoms with Gasteiger partial charge in [0.25, 0.3) is 0 Å². The Bertz CT molecular complexity index is 416. The molecule has 1 saturated heterocycles. The first-order valence-corrected chi connectivity index (χ1v) is 7.26. The molecule has 1 fully saturated rings. The molecule has 1 N–H and O–H groups in total. The van der Waals surface area contributed by atoms with Crippen LogP contribution in [0.1, 0.15) is 31.5 Å². The van der Waals surface area contributed by atoms with Gasteiger partial charge in [0.2, 0.25) is 0 Å². The highest BCUT2D eigenvalue weighted by molar-refractivity contribution is 5.51.